The predicted molar refractivity (Wildman–Crippen MR) is 103 cm³/mol. The largest absolute Gasteiger partial charge is 0.433 e. The molecule has 10 heteroatoms. The van der Waals surface area contributed by atoms with Gasteiger partial charge in [-0.25, -0.2) is 9.97 Å². The fraction of sp³-hybridized carbons (Fsp3) is 0.350. The van der Waals surface area contributed by atoms with E-state index in [4.69, 9.17) is 0 Å². The molecular formula is C20H21F3N6O. The average Bonchev–Trinajstić information content (AvgIpc) is 3.17. The smallest absolute Gasteiger partial charge is 0.350 e. The van der Waals surface area contributed by atoms with E-state index >= 15 is 0 Å². The monoisotopic (exact) mass is 418 g/mol. The fourth-order valence-corrected chi connectivity index (χ4v) is 2.87. The zero-order valence-electron chi connectivity index (χ0n) is 16.4. The molecule has 0 spiro atoms. The van der Waals surface area contributed by atoms with Crippen LogP contribution in [0.4, 0.5) is 13.2 Å². The fourth-order valence-electron chi connectivity index (χ4n) is 2.87. The minimum atomic E-state index is -4.54. The van der Waals surface area contributed by atoms with Crippen LogP contribution in [0.25, 0.3) is 0 Å². The van der Waals surface area contributed by atoms with Crippen LogP contribution in [-0.2, 0) is 25.6 Å². The van der Waals surface area contributed by atoms with Gasteiger partial charge in [0.15, 0.2) is 5.69 Å². The second kappa shape index (κ2) is 9.47. The first-order chi connectivity index (χ1) is 14.3. The number of carbonyl (C=O) groups is 1. The minimum absolute atomic E-state index is 0.0205. The number of amides is 1. The van der Waals surface area contributed by atoms with Crippen LogP contribution in [0.15, 0.2) is 42.6 Å². The molecule has 0 atom stereocenters. The number of alkyl halides is 3. The van der Waals surface area contributed by atoms with Crippen molar-refractivity contribution in [1.29, 1.82) is 0 Å². The summed E-state index contributed by atoms with van der Waals surface area (Å²) in [4.78, 5) is 19.7. The molecule has 2 aromatic heterocycles. The highest BCUT2D eigenvalue weighted by Gasteiger charge is 2.33. The zero-order valence-corrected chi connectivity index (χ0v) is 16.4. The molecule has 0 bridgehead atoms. The molecule has 0 unspecified atom stereocenters. The van der Waals surface area contributed by atoms with Crippen LogP contribution in [0, 0.1) is 6.92 Å². The van der Waals surface area contributed by atoms with Crippen LogP contribution in [0.1, 0.15) is 39.7 Å². The van der Waals surface area contributed by atoms with Crippen molar-refractivity contribution in [3.8, 4) is 0 Å². The van der Waals surface area contributed by atoms with E-state index in [1.165, 1.54) is 12.5 Å². The van der Waals surface area contributed by atoms with Crippen molar-refractivity contribution in [2.75, 3.05) is 6.54 Å². The van der Waals surface area contributed by atoms with Crippen molar-refractivity contribution in [1.82, 2.24) is 30.3 Å². The average molecular weight is 418 g/mol. The van der Waals surface area contributed by atoms with E-state index in [0.717, 1.165) is 18.9 Å². The molecule has 7 nitrogen and oxygen atoms in total. The van der Waals surface area contributed by atoms with Crippen molar-refractivity contribution >= 4 is 5.91 Å². The van der Waals surface area contributed by atoms with Gasteiger partial charge in [-0.1, -0.05) is 35.5 Å². The molecule has 30 heavy (non-hydrogen) atoms. The molecule has 3 rings (SSSR count). The van der Waals surface area contributed by atoms with Gasteiger partial charge in [-0.05, 0) is 31.4 Å². The van der Waals surface area contributed by atoms with Gasteiger partial charge < -0.3 is 5.32 Å². The number of hydrogen-bond donors (Lipinski definition) is 1. The Hall–Kier alpha value is -3.30. The van der Waals surface area contributed by atoms with Crippen LogP contribution in [0.3, 0.4) is 0 Å². The number of hydrogen-bond acceptors (Lipinski definition) is 5. The maximum atomic E-state index is 12.8. The summed E-state index contributed by atoms with van der Waals surface area (Å²) in [5, 5.41) is 10.4. The predicted octanol–water partition coefficient (Wildman–Crippen LogP) is 3.00. The van der Waals surface area contributed by atoms with Gasteiger partial charge in [0.25, 0.3) is 5.91 Å². The van der Waals surface area contributed by atoms with Crippen molar-refractivity contribution in [2.45, 2.75) is 38.9 Å². The number of aryl methyl sites for hydroxylation is 3. The van der Waals surface area contributed by atoms with Gasteiger partial charge >= 0.3 is 6.18 Å². The Balaban J connectivity index is 1.47. The first kappa shape index (κ1) is 21.4. The van der Waals surface area contributed by atoms with E-state index in [1.807, 2.05) is 18.2 Å². The number of benzene rings is 1. The molecule has 3 aromatic rings. The van der Waals surface area contributed by atoms with Gasteiger partial charge in [0.2, 0.25) is 0 Å². The molecule has 158 valence electrons. The van der Waals surface area contributed by atoms with Gasteiger partial charge in [-0.2, -0.15) is 13.2 Å². The van der Waals surface area contributed by atoms with Crippen molar-refractivity contribution in [3.63, 3.8) is 0 Å². The van der Waals surface area contributed by atoms with Crippen LogP contribution in [0.5, 0.6) is 0 Å². The lowest BCUT2D eigenvalue weighted by molar-refractivity contribution is -0.141. The van der Waals surface area contributed by atoms with E-state index in [0.29, 0.717) is 6.54 Å². The van der Waals surface area contributed by atoms with Gasteiger partial charge in [0.1, 0.15) is 11.5 Å². The van der Waals surface area contributed by atoms with Crippen molar-refractivity contribution < 1.29 is 18.0 Å². The third-order valence-electron chi connectivity index (χ3n) is 4.29. The Morgan fingerprint density at radius 2 is 1.90 bits per heavy atom. The van der Waals surface area contributed by atoms with Crippen LogP contribution >= 0.6 is 0 Å². The highest BCUT2D eigenvalue weighted by Crippen LogP contribution is 2.27. The third kappa shape index (κ3) is 6.10. The molecule has 1 aromatic carbocycles. The van der Waals surface area contributed by atoms with E-state index < -0.39 is 17.8 Å². The molecule has 0 aliphatic heterocycles. The number of halogens is 3. The second-order valence-corrected chi connectivity index (χ2v) is 6.77. The number of rotatable bonds is 8. The Morgan fingerprint density at radius 3 is 2.63 bits per heavy atom. The SMILES string of the molecule is Cc1cc(C(F)(F)F)nc(CCNC(=O)c2cn(CCCc3ccccc3)nn2)n1. The normalized spacial score (nSPS) is 11.5. The van der Waals surface area contributed by atoms with Gasteiger partial charge in [-0.3, -0.25) is 9.48 Å². The number of nitrogens with zero attached hydrogens (tertiary/aromatic N) is 5. The summed E-state index contributed by atoms with van der Waals surface area (Å²) in [5.74, 6) is -0.430. The van der Waals surface area contributed by atoms with Crippen LogP contribution in [-0.4, -0.2) is 37.4 Å². The zero-order chi connectivity index (χ0) is 21.6. The first-order valence-corrected chi connectivity index (χ1v) is 9.45. The summed E-state index contributed by atoms with van der Waals surface area (Å²) >= 11 is 0. The topological polar surface area (TPSA) is 85.6 Å². The molecule has 0 aliphatic carbocycles. The lowest BCUT2D eigenvalue weighted by Crippen LogP contribution is -2.27. The summed E-state index contributed by atoms with van der Waals surface area (Å²) in [6.45, 7) is 2.17. The Kier molecular flexibility index (Phi) is 6.76. The Morgan fingerprint density at radius 1 is 1.13 bits per heavy atom. The number of carbonyl (C=O) groups excluding carboxylic acids is 1. The lowest BCUT2D eigenvalue weighted by atomic mass is 10.1. The van der Waals surface area contributed by atoms with Gasteiger partial charge in [-0.15, -0.1) is 5.10 Å². The molecule has 0 aliphatic rings. The summed E-state index contributed by atoms with van der Waals surface area (Å²) in [5.41, 5.74) is 0.602. The lowest BCUT2D eigenvalue weighted by Gasteiger charge is -2.09. The van der Waals surface area contributed by atoms with Gasteiger partial charge in [0.05, 0.1) is 6.20 Å². The summed E-state index contributed by atoms with van der Waals surface area (Å²) < 4.78 is 40.1. The minimum Gasteiger partial charge on any atom is -0.350 e. The second-order valence-electron chi connectivity index (χ2n) is 6.77. The molecule has 0 saturated heterocycles. The maximum absolute atomic E-state index is 12.8. The maximum Gasteiger partial charge on any atom is 0.433 e. The molecule has 1 N–H and O–H groups in total. The quantitative estimate of drug-likeness (QED) is 0.608. The highest BCUT2D eigenvalue weighted by atomic mass is 19.4. The van der Waals surface area contributed by atoms with E-state index in [-0.39, 0.29) is 30.2 Å². The molecule has 0 radical (unpaired) electrons. The molecule has 1 amide bonds. The van der Waals surface area contributed by atoms with Crippen molar-refractivity contribution in [3.05, 3.63) is 71.1 Å². The summed E-state index contributed by atoms with van der Waals surface area (Å²) in [6.07, 6.45) is -1.18. The number of nitrogens with one attached hydrogen (secondary N) is 1. The van der Waals surface area contributed by atoms with Crippen LogP contribution < -0.4 is 5.32 Å². The third-order valence-corrected chi connectivity index (χ3v) is 4.29. The van der Waals surface area contributed by atoms with E-state index in [2.05, 4.69) is 37.7 Å². The van der Waals surface area contributed by atoms with E-state index in [1.54, 1.807) is 10.9 Å². The molecule has 2 heterocycles. The Labute approximate surface area is 171 Å². The van der Waals surface area contributed by atoms with Crippen molar-refractivity contribution in [2.24, 2.45) is 0 Å². The molecule has 0 saturated carbocycles. The van der Waals surface area contributed by atoms with Gasteiger partial charge in [0, 0.05) is 25.2 Å². The van der Waals surface area contributed by atoms with E-state index in [9.17, 15) is 18.0 Å². The van der Waals surface area contributed by atoms with Crippen LogP contribution in [0.2, 0.25) is 0 Å². The highest BCUT2D eigenvalue weighted by molar-refractivity contribution is 5.91. The Bertz CT molecular complexity index is 988. The molecule has 0 fully saturated rings. The molecular weight excluding hydrogens is 397 g/mol. The standard InChI is InChI=1S/C20H21F3N6O/c1-14-12-17(20(21,22)23)26-18(25-14)9-10-24-19(30)16-13-29(28-27-16)11-5-8-15-6-3-2-4-7-15/h2-4,6-7,12-13H,5,8-11H2,1H3,(H,24,30). The summed E-state index contributed by atoms with van der Waals surface area (Å²) in [6, 6.07) is 10.9. The first-order valence-electron chi connectivity index (χ1n) is 9.45. The summed E-state index contributed by atoms with van der Waals surface area (Å²) in [7, 11) is 0. The number of aromatic nitrogens is 5.